The normalized spacial score (nSPS) is 12.2. The summed E-state index contributed by atoms with van der Waals surface area (Å²) < 4.78 is 4.88. The van der Waals surface area contributed by atoms with Gasteiger partial charge in [-0.2, -0.15) is 0 Å². The van der Waals surface area contributed by atoms with Crippen molar-refractivity contribution in [3.8, 4) is 5.88 Å². The number of ether oxygens (including phenoxy) is 1. The van der Waals surface area contributed by atoms with Gasteiger partial charge >= 0.3 is 5.97 Å². The molecule has 0 saturated carbocycles. The molecular weight excluding hydrogens is 170 g/mol. The number of hydrogen-bond acceptors (Lipinski definition) is 3. The van der Waals surface area contributed by atoms with Gasteiger partial charge in [0.05, 0.1) is 18.7 Å². The van der Waals surface area contributed by atoms with Crippen LogP contribution in [0.5, 0.6) is 5.88 Å². The maximum absolute atomic E-state index is 10.6. The van der Waals surface area contributed by atoms with E-state index in [4.69, 9.17) is 9.84 Å². The van der Waals surface area contributed by atoms with Crippen molar-refractivity contribution in [1.29, 1.82) is 0 Å². The summed E-state index contributed by atoms with van der Waals surface area (Å²) in [4.78, 5) is 14.6. The highest BCUT2D eigenvalue weighted by Gasteiger charge is 2.15. The van der Waals surface area contributed by atoms with Gasteiger partial charge in [0.1, 0.15) is 0 Å². The van der Waals surface area contributed by atoms with Crippen molar-refractivity contribution >= 4 is 5.97 Å². The predicted octanol–water partition coefficient (Wildman–Crippen LogP) is 1.28. The maximum atomic E-state index is 10.6. The molecule has 1 atom stereocenters. The molecule has 0 amide bonds. The van der Waals surface area contributed by atoms with Gasteiger partial charge in [-0.25, -0.2) is 4.98 Å². The number of aromatic nitrogens is 1. The van der Waals surface area contributed by atoms with E-state index in [9.17, 15) is 4.79 Å². The largest absolute Gasteiger partial charge is 0.481 e. The van der Waals surface area contributed by atoms with Crippen molar-refractivity contribution in [3.63, 3.8) is 0 Å². The van der Waals surface area contributed by atoms with Crippen LogP contribution < -0.4 is 4.74 Å². The Balaban J connectivity index is 2.94. The van der Waals surface area contributed by atoms with Crippen LogP contribution in [-0.4, -0.2) is 23.2 Å². The zero-order valence-corrected chi connectivity index (χ0v) is 7.52. The minimum Gasteiger partial charge on any atom is -0.481 e. The molecule has 4 heteroatoms. The molecule has 1 aromatic heterocycles. The van der Waals surface area contributed by atoms with Crippen molar-refractivity contribution in [3.05, 3.63) is 23.9 Å². The van der Waals surface area contributed by atoms with E-state index in [0.29, 0.717) is 11.6 Å². The van der Waals surface area contributed by atoms with Crippen LogP contribution in [-0.2, 0) is 4.79 Å². The van der Waals surface area contributed by atoms with Gasteiger partial charge in [-0.15, -0.1) is 0 Å². The summed E-state index contributed by atoms with van der Waals surface area (Å²) in [5.41, 5.74) is 0.506. The zero-order valence-electron chi connectivity index (χ0n) is 7.52. The first-order valence-electron chi connectivity index (χ1n) is 3.89. The molecule has 70 valence electrons. The van der Waals surface area contributed by atoms with Crippen LogP contribution in [0.2, 0.25) is 0 Å². The molecule has 0 aromatic carbocycles. The fourth-order valence-electron chi connectivity index (χ4n) is 0.912. The molecule has 0 fully saturated rings. The first-order valence-corrected chi connectivity index (χ1v) is 3.89. The fraction of sp³-hybridized carbons (Fsp3) is 0.333. The van der Waals surface area contributed by atoms with Crippen LogP contribution in [0.25, 0.3) is 0 Å². The monoisotopic (exact) mass is 181 g/mol. The molecule has 1 rings (SSSR count). The summed E-state index contributed by atoms with van der Waals surface area (Å²) in [6.07, 6.45) is 0. The third-order valence-corrected chi connectivity index (χ3v) is 1.77. The zero-order chi connectivity index (χ0) is 9.84. The maximum Gasteiger partial charge on any atom is 0.312 e. The van der Waals surface area contributed by atoms with Crippen LogP contribution in [0.1, 0.15) is 18.5 Å². The van der Waals surface area contributed by atoms with Gasteiger partial charge in [0.2, 0.25) is 5.88 Å². The summed E-state index contributed by atoms with van der Waals surface area (Å²) in [6, 6.07) is 5.07. The minimum atomic E-state index is -0.888. The molecule has 0 radical (unpaired) electrons. The Morgan fingerprint density at radius 1 is 1.62 bits per heavy atom. The van der Waals surface area contributed by atoms with E-state index in [2.05, 4.69) is 4.98 Å². The lowest BCUT2D eigenvalue weighted by molar-refractivity contribution is -0.138. The van der Waals surface area contributed by atoms with Gasteiger partial charge in [-0.05, 0) is 13.0 Å². The first kappa shape index (κ1) is 9.51. The van der Waals surface area contributed by atoms with Gasteiger partial charge in [0.25, 0.3) is 0 Å². The van der Waals surface area contributed by atoms with E-state index < -0.39 is 11.9 Å². The van der Waals surface area contributed by atoms with E-state index in [1.165, 1.54) is 7.11 Å². The number of rotatable bonds is 3. The molecule has 1 aromatic rings. The van der Waals surface area contributed by atoms with Crippen molar-refractivity contribution < 1.29 is 14.6 Å². The van der Waals surface area contributed by atoms with Crippen molar-refractivity contribution in [2.24, 2.45) is 0 Å². The second kappa shape index (κ2) is 3.89. The van der Waals surface area contributed by atoms with Gasteiger partial charge < -0.3 is 9.84 Å². The number of carbonyl (C=O) groups is 1. The Morgan fingerprint density at radius 3 is 2.85 bits per heavy atom. The Kier molecular flexibility index (Phi) is 2.84. The topological polar surface area (TPSA) is 59.4 Å². The fourth-order valence-corrected chi connectivity index (χ4v) is 0.912. The van der Waals surface area contributed by atoms with Gasteiger partial charge in [0, 0.05) is 6.07 Å². The number of carboxylic acids is 1. The van der Waals surface area contributed by atoms with Crippen LogP contribution >= 0.6 is 0 Å². The number of pyridine rings is 1. The van der Waals surface area contributed by atoms with E-state index in [1.54, 1.807) is 25.1 Å². The number of aliphatic carboxylic acids is 1. The highest BCUT2D eigenvalue weighted by molar-refractivity contribution is 5.74. The van der Waals surface area contributed by atoms with E-state index in [-0.39, 0.29) is 0 Å². The lowest BCUT2D eigenvalue weighted by atomic mass is 10.1. The lowest BCUT2D eigenvalue weighted by Crippen LogP contribution is -2.09. The summed E-state index contributed by atoms with van der Waals surface area (Å²) in [7, 11) is 1.50. The van der Waals surface area contributed by atoms with Crippen LogP contribution in [0.3, 0.4) is 0 Å². The molecule has 0 aliphatic carbocycles. The second-order valence-corrected chi connectivity index (χ2v) is 2.66. The second-order valence-electron chi connectivity index (χ2n) is 2.66. The lowest BCUT2D eigenvalue weighted by Gasteiger charge is -2.06. The number of carboxylic acid groups (broad SMARTS) is 1. The SMILES string of the molecule is COc1cccc([C@@H](C)C(=O)O)n1. The average Bonchev–Trinajstić information content (AvgIpc) is 2.16. The Morgan fingerprint density at radius 2 is 2.31 bits per heavy atom. The van der Waals surface area contributed by atoms with Crippen LogP contribution in [0.4, 0.5) is 0 Å². The summed E-state index contributed by atoms with van der Waals surface area (Å²) >= 11 is 0. The third kappa shape index (κ3) is 2.18. The summed E-state index contributed by atoms with van der Waals surface area (Å²) in [5.74, 6) is -1.05. The predicted molar refractivity (Wildman–Crippen MR) is 46.8 cm³/mol. The molecule has 0 spiro atoms. The highest BCUT2D eigenvalue weighted by Crippen LogP contribution is 2.15. The Hall–Kier alpha value is -1.58. The Labute approximate surface area is 76.2 Å². The molecule has 4 nitrogen and oxygen atoms in total. The van der Waals surface area contributed by atoms with Gasteiger partial charge in [-0.1, -0.05) is 6.07 Å². The number of methoxy groups -OCH3 is 1. The quantitative estimate of drug-likeness (QED) is 0.763. The number of nitrogens with zero attached hydrogens (tertiary/aromatic N) is 1. The van der Waals surface area contributed by atoms with E-state index in [1.807, 2.05) is 0 Å². The van der Waals surface area contributed by atoms with Gasteiger partial charge in [0.15, 0.2) is 0 Å². The van der Waals surface area contributed by atoms with Crippen LogP contribution in [0.15, 0.2) is 18.2 Å². The van der Waals surface area contributed by atoms with Gasteiger partial charge in [-0.3, -0.25) is 4.79 Å². The molecule has 1 N–H and O–H groups in total. The van der Waals surface area contributed by atoms with Crippen molar-refractivity contribution in [2.45, 2.75) is 12.8 Å². The molecule has 0 aliphatic rings. The summed E-state index contributed by atoms with van der Waals surface area (Å²) in [5, 5.41) is 8.72. The molecule has 0 aliphatic heterocycles. The average molecular weight is 181 g/mol. The first-order chi connectivity index (χ1) is 6.15. The minimum absolute atomic E-state index is 0.436. The van der Waals surface area contributed by atoms with E-state index in [0.717, 1.165) is 0 Å². The molecule has 13 heavy (non-hydrogen) atoms. The number of hydrogen-bond donors (Lipinski definition) is 1. The summed E-state index contributed by atoms with van der Waals surface area (Å²) in [6.45, 7) is 1.59. The molecule has 0 unspecified atom stereocenters. The van der Waals surface area contributed by atoms with Crippen molar-refractivity contribution in [1.82, 2.24) is 4.98 Å². The van der Waals surface area contributed by atoms with E-state index >= 15 is 0 Å². The highest BCUT2D eigenvalue weighted by atomic mass is 16.5. The smallest absolute Gasteiger partial charge is 0.312 e. The van der Waals surface area contributed by atoms with Crippen LogP contribution in [0, 0.1) is 0 Å². The standard InChI is InChI=1S/C9H11NO3/c1-6(9(11)12)7-4-3-5-8(10-7)13-2/h3-6H,1-2H3,(H,11,12)/t6-/m1/s1. The molecule has 0 saturated heterocycles. The molecule has 0 bridgehead atoms. The third-order valence-electron chi connectivity index (χ3n) is 1.77. The molecular formula is C9H11NO3. The Bertz CT molecular complexity index is 311. The van der Waals surface area contributed by atoms with Crippen molar-refractivity contribution in [2.75, 3.05) is 7.11 Å². The molecule has 1 heterocycles.